The van der Waals surface area contributed by atoms with Gasteiger partial charge in [0.15, 0.2) is 0 Å². The lowest BCUT2D eigenvalue weighted by atomic mass is 9.73. The standard InChI is InChI=1S/C16H19NO3/c1-2-10-17(11-12-6-4-3-5-7-12)15(18)13-8-9-14(13)16(19)20/h2-7,13-14H,1,8-11H2,(H,19,20). The molecule has 4 nitrogen and oxygen atoms in total. The zero-order valence-corrected chi connectivity index (χ0v) is 11.4. The summed E-state index contributed by atoms with van der Waals surface area (Å²) in [6.45, 7) is 4.61. The molecule has 2 atom stereocenters. The van der Waals surface area contributed by atoms with Crippen LogP contribution in [-0.4, -0.2) is 28.4 Å². The van der Waals surface area contributed by atoms with E-state index < -0.39 is 11.9 Å². The lowest BCUT2D eigenvalue weighted by Crippen LogP contribution is -2.45. The number of amides is 1. The van der Waals surface area contributed by atoms with Gasteiger partial charge in [-0.25, -0.2) is 0 Å². The van der Waals surface area contributed by atoms with Crippen LogP contribution in [0, 0.1) is 11.8 Å². The van der Waals surface area contributed by atoms with Crippen molar-refractivity contribution < 1.29 is 14.7 Å². The average molecular weight is 273 g/mol. The van der Waals surface area contributed by atoms with Crippen molar-refractivity contribution >= 4 is 11.9 Å². The molecule has 20 heavy (non-hydrogen) atoms. The van der Waals surface area contributed by atoms with Crippen molar-refractivity contribution in [2.45, 2.75) is 19.4 Å². The van der Waals surface area contributed by atoms with Crippen molar-refractivity contribution in [1.29, 1.82) is 0 Å². The first-order valence-electron chi connectivity index (χ1n) is 6.80. The third kappa shape index (κ3) is 3.07. The fraction of sp³-hybridized carbons (Fsp3) is 0.375. The van der Waals surface area contributed by atoms with Crippen molar-refractivity contribution in [3.8, 4) is 0 Å². The molecule has 0 aromatic heterocycles. The second-order valence-corrected chi connectivity index (χ2v) is 5.12. The highest BCUT2D eigenvalue weighted by Gasteiger charge is 2.42. The van der Waals surface area contributed by atoms with Crippen LogP contribution in [0.15, 0.2) is 43.0 Å². The van der Waals surface area contributed by atoms with Gasteiger partial charge >= 0.3 is 5.97 Å². The predicted molar refractivity (Wildman–Crippen MR) is 75.9 cm³/mol. The second-order valence-electron chi connectivity index (χ2n) is 5.12. The van der Waals surface area contributed by atoms with E-state index in [9.17, 15) is 9.59 Å². The van der Waals surface area contributed by atoms with Crippen LogP contribution in [0.1, 0.15) is 18.4 Å². The Bertz CT molecular complexity index is 498. The van der Waals surface area contributed by atoms with Crippen LogP contribution in [0.4, 0.5) is 0 Å². The molecule has 1 aromatic carbocycles. The Morgan fingerprint density at radius 1 is 1.25 bits per heavy atom. The number of hydrogen-bond donors (Lipinski definition) is 1. The maximum atomic E-state index is 12.4. The van der Waals surface area contributed by atoms with Crippen LogP contribution in [0.3, 0.4) is 0 Å². The molecule has 1 amide bonds. The molecule has 106 valence electrons. The molecule has 2 unspecified atom stereocenters. The van der Waals surface area contributed by atoms with E-state index in [1.807, 2.05) is 30.3 Å². The number of nitrogens with zero attached hydrogens (tertiary/aromatic N) is 1. The van der Waals surface area contributed by atoms with E-state index in [1.165, 1.54) is 0 Å². The van der Waals surface area contributed by atoms with E-state index in [1.54, 1.807) is 11.0 Å². The maximum Gasteiger partial charge on any atom is 0.307 e. The van der Waals surface area contributed by atoms with E-state index in [-0.39, 0.29) is 11.8 Å². The SMILES string of the molecule is C=CCN(Cc1ccccc1)C(=O)C1CCC1C(=O)O. The fourth-order valence-corrected chi connectivity index (χ4v) is 2.52. The van der Waals surface area contributed by atoms with Crippen molar-refractivity contribution in [2.75, 3.05) is 6.54 Å². The van der Waals surface area contributed by atoms with Gasteiger partial charge < -0.3 is 10.0 Å². The van der Waals surface area contributed by atoms with Crippen molar-refractivity contribution in [3.05, 3.63) is 48.6 Å². The number of carbonyl (C=O) groups is 2. The van der Waals surface area contributed by atoms with Gasteiger partial charge in [0, 0.05) is 13.1 Å². The van der Waals surface area contributed by atoms with Crippen LogP contribution < -0.4 is 0 Å². The molecule has 1 aliphatic carbocycles. The normalized spacial score (nSPS) is 20.8. The quantitative estimate of drug-likeness (QED) is 0.809. The summed E-state index contributed by atoms with van der Waals surface area (Å²) in [4.78, 5) is 25.2. The number of carbonyl (C=O) groups excluding carboxylic acids is 1. The lowest BCUT2D eigenvalue weighted by molar-refractivity contribution is -0.156. The molecule has 0 bridgehead atoms. The molecule has 0 spiro atoms. The number of aliphatic carboxylic acids is 1. The summed E-state index contributed by atoms with van der Waals surface area (Å²) in [5.41, 5.74) is 1.04. The molecular weight excluding hydrogens is 254 g/mol. The smallest absolute Gasteiger partial charge is 0.307 e. The largest absolute Gasteiger partial charge is 0.481 e. The second kappa shape index (κ2) is 6.37. The first kappa shape index (κ1) is 14.3. The summed E-state index contributed by atoms with van der Waals surface area (Å²) in [5, 5.41) is 9.06. The topological polar surface area (TPSA) is 57.6 Å². The van der Waals surface area contributed by atoms with Gasteiger partial charge in [-0.1, -0.05) is 36.4 Å². The van der Waals surface area contributed by atoms with E-state index in [2.05, 4.69) is 6.58 Å². The van der Waals surface area contributed by atoms with Gasteiger partial charge in [-0.3, -0.25) is 9.59 Å². The summed E-state index contributed by atoms with van der Waals surface area (Å²) < 4.78 is 0. The monoisotopic (exact) mass is 273 g/mol. The molecule has 1 aromatic rings. The molecule has 1 fully saturated rings. The summed E-state index contributed by atoms with van der Waals surface area (Å²) in [5.74, 6) is -1.85. The zero-order chi connectivity index (χ0) is 14.5. The number of benzene rings is 1. The molecule has 0 saturated heterocycles. The van der Waals surface area contributed by atoms with Gasteiger partial charge in [0.2, 0.25) is 5.91 Å². The summed E-state index contributed by atoms with van der Waals surface area (Å²) in [7, 11) is 0. The summed E-state index contributed by atoms with van der Waals surface area (Å²) >= 11 is 0. The van der Waals surface area contributed by atoms with Gasteiger partial charge in [0.1, 0.15) is 0 Å². The van der Waals surface area contributed by atoms with E-state index in [0.29, 0.717) is 25.9 Å². The van der Waals surface area contributed by atoms with E-state index >= 15 is 0 Å². The van der Waals surface area contributed by atoms with Crippen molar-refractivity contribution in [2.24, 2.45) is 11.8 Å². The number of hydrogen-bond acceptors (Lipinski definition) is 2. The minimum atomic E-state index is -0.868. The Labute approximate surface area is 118 Å². The Kier molecular flexibility index (Phi) is 4.56. The van der Waals surface area contributed by atoms with E-state index in [4.69, 9.17) is 5.11 Å². The number of carboxylic acid groups (broad SMARTS) is 1. The highest BCUT2D eigenvalue weighted by atomic mass is 16.4. The van der Waals surface area contributed by atoms with Crippen molar-refractivity contribution in [3.63, 3.8) is 0 Å². The molecule has 4 heteroatoms. The van der Waals surface area contributed by atoms with Gasteiger partial charge in [-0.05, 0) is 18.4 Å². The third-order valence-corrected chi connectivity index (χ3v) is 3.79. The fourth-order valence-electron chi connectivity index (χ4n) is 2.52. The molecule has 0 radical (unpaired) electrons. The summed E-state index contributed by atoms with van der Waals surface area (Å²) in [6, 6.07) is 9.69. The Hall–Kier alpha value is -2.10. The lowest BCUT2D eigenvalue weighted by Gasteiger charge is -2.36. The maximum absolute atomic E-state index is 12.4. The first-order chi connectivity index (χ1) is 9.63. The molecule has 0 aliphatic heterocycles. The number of carboxylic acids is 1. The molecule has 1 saturated carbocycles. The van der Waals surface area contributed by atoms with Crippen LogP contribution in [0.2, 0.25) is 0 Å². The molecule has 1 aliphatic rings. The first-order valence-corrected chi connectivity index (χ1v) is 6.80. The van der Waals surface area contributed by atoms with Crippen LogP contribution in [0.5, 0.6) is 0 Å². The van der Waals surface area contributed by atoms with Crippen LogP contribution in [0.25, 0.3) is 0 Å². The molecule has 0 heterocycles. The Morgan fingerprint density at radius 3 is 2.40 bits per heavy atom. The van der Waals surface area contributed by atoms with Gasteiger partial charge in [0.25, 0.3) is 0 Å². The highest BCUT2D eigenvalue weighted by Crippen LogP contribution is 2.36. The summed E-state index contributed by atoms with van der Waals surface area (Å²) in [6.07, 6.45) is 2.94. The molecule has 1 N–H and O–H groups in total. The molecule has 2 rings (SSSR count). The van der Waals surface area contributed by atoms with Crippen molar-refractivity contribution in [1.82, 2.24) is 4.90 Å². The zero-order valence-electron chi connectivity index (χ0n) is 11.4. The van der Waals surface area contributed by atoms with Gasteiger partial charge in [-0.2, -0.15) is 0 Å². The van der Waals surface area contributed by atoms with Crippen LogP contribution in [-0.2, 0) is 16.1 Å². The third-order valence-electron chi connectivity index (χ3n) is 3.79. The minimum absolute atomic E-state index is 0.0765. The minimum Gasteiger partial charge on any atom is -0.481 e. The van der Waals surface area contributed by atoms with E-state index in [0.717, 1.165) is 5.56 Å². The van der Waals surface area contributed by atoms with Gasteiger partial charge in [-0.15, -0.1) is 6.58 Å². The Morgan fingerprint density at radius 2 is 1.90 bits per heavy atom. The Balaban J connectivity index is 2.06. The average Bonchev–Trinajstić information content (AvgIpc) is 2.37. The highest BCUT2D eigenvalue weighted by molar-refractivity contribution is 5.86. The van der Waals surface area contributed by atoms with Gasteiger partial charge in [0.05, 0.1) is 11.8 Å². The number of rotatable bonds is 6. The molecular formula is C16H19NO3. The van der Waals surface area contributed by atoms with Crippen LogP contribution >= 0.6 is 0 Å². The predicted octanol–water partition coefficient (Wildman–Crippen LogP) is 2.31.